The van der Waals surface area contributed by atoms with Crippen LogP contribution < -0.4 is 10.1 Å². The van der Waals surface area contributed by atoms with Crippen molar-refractivity contribution in [3.05, 3.63) is 47.8 Å². The first-order valence-corrected chi connectivity index (χ1v) is 11.0. The van der Waals surface area contributed by atoms with Gasteiger partial charge < -0.3 is 15.0 Å². The van der Waals surface area contributed by atoms with E-state index in [0.29, 0.717) is 18.6 Å². The Bertz CT molecular complexity index is 831. The summed E-state index contributed by atoms with van der Waals surface area (Å²) < 4.78 is 8.18. The minimum Gasteiger partial charge on any atom is -0.490 e. The number of halogens is 1. The molecule has 1 unspecified atom stereocenters. The molecule has 1 N–H and O–H groups in total. The van der Waals surface area contributed by atoms with Gasteiger partial charge in [0.25, 0.3) is 0 Å². The zero-order valence-electron chi connectivity index (χ0n) is 18.1. The topological polar surface area (TPSA) is 54.7 Å². The number of nitrogens with zero attached hydrogens (tertiary/aromatic N) is 4. The van der Waals surface area contributed by atoms with Gasteiger partial charge in [-0.15, -0.1) is 24.0 Å². The third-order valence-corrected chi connectivity index (χ3v) is 5.99. The minimum atomic E-state index is 0. The Morgan fingerprint density at radius 1 is 1.23 bits per heavy atom. The van der Waals surface area contributed by atoms with Gasteiger partial charge in [0.15, 0.2) is 5.96 Å². The van der Waals surface area contributed by atoms with Crippen molar-refractivity contribution in [1.82, 2.24) is 20.0 Å². The van der Waals surface area contributed by atoms with Crippen molar-refractivity contribution < 1.29 is 4.74 Å². The third kappa shape index (κ3) is 5.68. The highest BCUT2D eigenvalue weighted by Gasteiger charge is 2.27. The van der Waals surface area contributed by atoms with E-state index in [9.17, 15) is 0 Å². The van der Waals surface area contributed by atoms with Gasteiger partial charge in [0.2, 0.25) is 0 Å². The van der Waals surface area contributed by atoms with E-state index in [1.165, 1.54) is 31.2 Å². The maximum Gasteiger partial charge on any atom is 0.194 e. The van der Waals surface area contributed by atoms with E-state index in [1.807, 2.05) is 17.9 Å². The second-order valence-corrected chi connectivity index (χ2v) is 8.18. The first-order chi connectivity index (χ1) is 14.2. The third-order valence-electron chi connectivity index (χ3n) is 5.99. The van der Waals surface area contributed by atoms with E-state index >= 15 is 0 Å². The maximum absolute atomic E-state index is 6.29. The van der Waals surface area contributed by atoms with Crippen LogP contribution in [0.1, 0.15) is 56.1 Å². The number of hydrogen-bond donors (Lipinski definition) is 1. The van der Waals surface area contributed by atoms with E-state index in [4.69, 9.17) is 9.73 Å². The van der Waals surface area contributed by atoms with Crippen LogP contribution in [-0.2, 0) is 13.6 Å². The van der Waals surface area contributed by atoms with Crippen molar-refractivity contribution in [2.75, 3.05) is 19.6 Å². The van der Waals surface area contributed by atoms with Crippen molar-refractivity contribution in [2.45, 2.75) is 57.6 Å². The van der Waals surface area contributed by atoms with Gasteiger partial charge in [-0.05, 0) is 50.7 Å². The molecule has 1 aliphatic carbocycles. The molecule has 1 atom stereocenters. The first kappa shape index (κ1) is 22.9. The van der Waals surface area contributed by atoms with Crippen LogP contribution >= 0.6 is 24.0 Å². The number of aromatic nitrogens is 2. The summed E-state index contributed by atoms with van der Waals surface area (Å²) in [4.78, 5) is 7.34. The SMILES string of the molecule is CCNC(=NCc1ccccc1OC1CCCC1)N1CCC(c2cnn(C)c2)C1.I. The largest absolute Gasteiger partial charge is 0.490 e. The predicted molar refractivity (Wildman–Crippen MR) is 132 cm³/mol. The van der Waals surface area contributed by atoms with Crippen molar-refractivity contribution in [3.8, 4) is 5.75 Å². The number of hydrogen-bond acceptors (Lipinski definition) is 3. The number of benzene rings is 1. The molecule has 1 aromatic heterocycles. The molecule has 1 aliphatic heterocycles. The summed E-state index contributed by atoms with van der Waals surface area (Å²) in [5.41, 5.74) is 2.49. The summed E-state index contributed by atoms with van der Waals surface area (Å²) in [5.74, 6) is 2.51. The van der Waals surface area contributed by atoms with Gasteiger partial charge in [-0.3, -0.25) is 4.68 Å². The molecule has 30 heavy (non-hydrogen) atoms. The highest BCUT2D eigenvalue weighted by molar-refractivity contribution is 14.0. The smallest absolute Gasteiger partial charge is 0.194 e. The van der Waals surface area contributed by atoms with E-state index in [2.05, 4.69) is 52.7 Å². The highest BCUT2D eigenvalue weighted by Crippen LogP contribution is 2.28. The number of aryl methyl sites for hydroxylation is 1. The Morgan fingerprint density at radius 2 is 2.03 bits per heavy atom. The van der Waals surface area contributed by atoms with Crippen LogP contribution in [0.25, 0.3) is 0 Å². The molecule has 4 rings (SSSR count). The lowest BCUT2D eigenvalue weighted by Gasteiger charge is -2.22. The Hall–Kier alpha value is -1.77. The Kier molecular flexibility index (Phi) is 8.41. The van der Waals surface area contributed by atoms with Gasteiger partial charge in [-0.25, -0.2) is 4.99 Å². The normalized spacial score (nSPS) is 19.7. The fraction of sp³-hybridized carbons (Fsp3) is 0.565. The number of guanidine groups is 1. The van der Waals surface area contributed by atoms with Gasteiger partial charge >= 0.3 is 0 Å². The second kappa shape index (κ2) is 11.0. The fourth-order valence-corrected chi connectivity index (χ4v) is 4.40. The lowest BCUT2D eigenvalue weighted by atomic mass is 10.0. The van der Waals surface area contributed by atoms with Crippen molar-refractivity contribution in [2.24, 2.45) is 12.0 Å². The number of nitrogens with one attached hydrogen (secondary N) is 1. The summed E-state index contributed by atoms with van der Waals surface area (Å²) in [5, 5.41) is 7.81. The Labute approximate surface area is 197 Å². The van der Waals surface area contributed by atoms with Gasteiger partial charge in [-0.2, -0.15) is 5.10 Å². The molecule has 7 heteroatoms. The lowest BCUT2D eigenvalue weighted by molar-refractivity contribution is 0.208. The van der Waals surface area contributed by atoms with Crippen LogP contribution in [0.15, 0.2) is 41.7 Å². The number of para-hydroxylation sites is 1. The molecule has 6 nitrogen and oxygen atoms in total. The molecule has 1 aromatic carbocycles. The molecule has 2 aromatic rings. The van der Waals surface area contributed by atoms with Crippen molar-refractivity contribution >= 4 is 29.9 Å². The average molecular weight is 523 g/mol. The van der Waals surface area contributed by atoms with E-state index < -0.39 is 0 Å². The molecule has 0 amide bonds. The van der Waals surface area contributed by atoms with Crippen LogP contribution in [0.3, 0.4) is 0 Å². The predicted octanol–water partition coefficient (Wildman–Crippen LogP) is 4.31. The van der Waals surface area contributed by atoms with E-state index in [0.717, 1.165) is 43.3 Å². The van der Waals surface area contributed by atoms with Gasteiger partial charge in [-0.1, -0.05) is 18.2 Å². The van der Waals surface area contributed by atoms with E-state index in [-0.39, 0.29) is 24.0 Å². The van der Waals surface area contributed by atoms with Crippen LogP contribution in [0.5, 0.6) is 5.75 Å². The van der Waals surface area contributed by atoms with Crippen molar-refractivity contribution in [1.29, 1.82) is 0 Å². The fourth-order valence-electron chi connectivity index (χ4n) is 4.40. The van der Waals surface area contributed by atoms with Crippen LogP contribution in [0.4, 0.5) is 0 Å². The van der Waals surface area contributed by atoms with Gasteiger partial charge in [0.1, 0.15) is 5.75 Å². The Morgan fingerprint density at radius 3 is 2.77 bits per heavy atom. The number of rotatable bonds is 6. The number of likely N-dealkylation sites (tertiary alicyclic amines) is 1. The van der Waals surface area contributed by atoms with Crippen LogP contribution in [0, 0.1) is 0 Å². The minimum absolute atomic E-state index is 0. The molecule has 0 radical (unpaired) electrons. The van der Waals surface area contributed by atoms with Gasteiger partial charge in [0.05, 0.1) is 18.8 Å². The molecule has 1 saturated heterocycles. The number of ether oxygens (including phenoxy) is 1. The summed E-state index contributed by atoms with van der Waals surface area (Å²) in [6.45, 7) is 5.64. The molecule has 2 aliphatic rings. The molecule has 2 fully saturated rings. The molecular formula is C23H34IN5O. The quantitative estimate of drug-likeness (QED) is 0.348. The summed E-state index contributed by atoms with van der Waals surface area (Å²) >= 11 is 0. The molecule has 0 spiro atoms. The summed E-state index contributed by atoms with van der Waals surface area (Å²) in [6, 6.07) is 8.36. The lowest BCUT2D eigenvalue weighted by Crippen LogP contribution is -2.40. The monoisotopic (exact) mass is 523 g/mol. The molecule has 1 saturated carbocycles. The maximum atomic E-state index is 6.29. The summed E-state index contributed by atoms with van der Waals surface area (Å²) in [7, 11) is 1.98. The Balaban J connectivity index is 0.00000256. The molecule has 2 heterocycles. The highest BCUT2D eigenvalue weighted by atomic mass is 127. The zero-order chi connectivity index (χ0) is 20.1. The second-order valence-electron chi connectivity index (χ2n) is 8.18. The average Bonchev–Trinajstić information content (AvgIpc) is 3.48. The standard InChI is InChI=1S/C23H33N5O.HI/c1-3-24-23(28-13-12-19(17-28)20-15-26-27(2)16-20)25-14-18-8-4-7-11-22(18)29-21-9-5-6-10-21;/h4,7-8,11,15-16,19,21H,3,5-6,9-10,12-14,17H2,1-2H3,(H,24,25);1H. The van der Waals surface area contributed by atoms with Gasteiger partial charge in [0, 0.05) is 44.4 Å². The summed E-state index contributed by atoms with van der Waals surface area (Å²) in [6.07, 6.45) is 10.5. The van der Waals surface area contributed by atoms with Crippen molar-refractivity contribution in [3.63, 3.8) is 0 Å². The zero-order valence-corrected chi connectivity index (χ0v) is 20.4. The van der Waals surface area contributed by atoms with Crippen LogP contribution in [0.2, 0.25) is 0 Å². The molecule has 164 valence electrons. The van der Waals surface area contributed by atoms with E-state index in [1.54, 1.807) is 0 Å². The molecular weight excluding hydrogens is 489 g/mol. The van der Waals surface area contributed by atoms with Crippen LogP contribution in [-0.4, -0.2) is 46.4 Å². The first-order valence-electron chi connectivity index (χ1n) is 11.0. The molecule has 0 bridgehead atoms. The number of aliphatic imine (C=N–C) groups is 1.